The zero-order valence-corrected chi connectivity index (χ0v) is 37.7. The molecular weight excluding hydrogens is 697 g/mol. The Bertz CT molecular complexity index is 870. The molecule has 6 heteroatoms. The number of allylic oxidation sites excluding steroid dienone is 2. The second kappa shape index (κ2) is 45.8. The van der Waals surface area contributed by atoms with Gasteiger partial charge in [-0.25, -0.2) is 0 Å². The monoisotopic (exact) mass is 791 g/mol. The number of ether oxygens (including phenoxy) is 3. The quantitative estimate of drug-likeness (QED) is 0.0264. The van der Waals surface area contributed by atoms with Gasteiger partial charge >= 0.3 is 17.9 Å². The highest BCUT2D eigenvalue weighted by Crippen LogP contribution is 2.16. The minimum Gasteiger partial charge on any atom is -0.462 e. The number of hydrogen-bond acceptors (Lipinski definition) is 6. The molecule has 0 unspecified atom stereocenters. The van der Waals surface area contributed by atoms with Crippen LogP contribution in [0, 0.1) is 0 Å². The maximum atomic E-state index is 12.7. The summed E-state index contributed by atoms with van der Waals surface area (Å²) >= 11 is 0. The fraction of sp³-hybridized carbons (Fsp3) is 0.900. The molecule has 0 aliphatic heterocycles. The minimum atomic E-state index is -0.766. The molecule has 0 aliphatic carbocycles. The van der Waals surface area contributed by atoms with Crippen LogP contribution in [0.3, 0.4) is 0 Å². The van der Waals surface area contributed by atoms with Crippen LogP contribution in [0.1, 0.15) is 271 Å². The molecule has 0 amide bonds. The molecule has 0 heterocycles. The summed E-state index contributed by atoms with van der Waals surface area (Å²) in [7, 11) is 0. The van der Waals surface area contributed by atoms with E-state index < -0.39 is 6.10 Å². The molecule has 1 atom stereocenters. The Morgan fingerprint density at radius 3 is 0.929 bits per heavy atom. The van der Waals surface area contributed by atoms with Gasteiger partial charge in [0.05, 0.1) is 0 Å². The highest BCUT2D eigenvalue weighted by Gasteiger charge is 2.19. The summed E-state index contributed by atoms with van der Waals surface area (Å²) in [4.78, 5) is 37.8. The molecule has 0 rings (SSSR count). The predicted molar refractivity (Wildman–Crippen MR) is 238 cm³/mol. The topological polar surface area (TPSA) is 78.9 Å². The van der Waals surface area contributed by atoms with E-state index in [1.54, 1.807) is 0 Å². The summed E-state index contributed by atoms with van der Waals surface area (Å²) in [6.07, 6.45) is 49.1. The maximum absolute atomic E-state index is 12.7. The Morgan fingerprint density at radius 1 is 0.339 bits per heavy atom. The molecule has 0 aliphatic rings. The highest BCUT2D eigenvalue weighted by molar-refractivity contribution is 5.71. The van der Waals surface area contributed by atoms with Gasteiger partial charge in [0.2, 0.25) is 0 Å². The Morgan fingerprint density at radius 2 is 0.589 bits per heavy atom. The fourth-order valence-corrected chi connectivity index (χ4v) is 7.26. The lowest BCUT2D eigenvalue weighted by Gasteiger charge is -2.18. The molecular formula is C50H94O6. The first-order chi connectivity index (χ1) is 27.5. The van der Waals surface area contributed by atoms with E-state index in [0.717, 1.165) is 64.2 Å². The molecule has 0 aromatic carbocycles. The SMILES string of the molecule is CCCCC/C=C\CCCCCCCC(=O)O[C@H](COC(=O)CCCCCCCCCCCC)COC(=O)CCCCCCCCCCCCCCCCCC. The average Bonchev–Trinajstić information content (AvgIpc) is 3.19. The largest absolute Gasteiger partial charge is 0.462 e. The van der Waals surface area contributed by atoms with Crippen molar-refractivity contribution in [3.8, 4) is 0 Å². The summed E-state index contributed by atoms with van der Waals surface area (Å²) in [5, 5.41) is 0. The van der Waals surface area contributed by atoms with Gasteiger partial charge in [0, 0.05) is 19.3 Å². The molecule has 330 valence electrons. The maximum Gasteiger partial charge on any atom is 0.306 e. The molecule has 0 saturated carbocycles. The van der Waals surface area contributed by atoms with Crippen molar-refractivity contribution in [2.75, 3.05) is 13.2 Å². The normalized spacial score (nSPS) is 12.0. The number of unbranched alkanes of at least 4 members (excludes halogenated alkanes) is 32. The zero-order valence-electron chi connectivity index (χ0n) is 37.7. The van der Waals surface area contributed by atoms with Crippen molar-refractivity contribution in [3.05, 3.63) is 12.2 Å². The van der Waals surface area contributed by atoms with Gasteiger partial charge in [-0.3, -0.25) is 14.4 Å². The van der Waals surface area contributed by atoms with Crippen LogP contribution in [0.25, 0.3) is 0 Å². The van der Waals surface area contributed by atoms with Gasteiger partial charge < -0.3 is 14.2 Å². The number of carbonyl (C=O) groups excluding carboxylic acids is 3. The highest BCUT2D eigenvalue weighted by atomic mass is 16.6. The van der Waals surface area contributed by atoms with Crippen molar-refractivity contribution < 1.29 is 28.6 Å². The molecule has 0 aromatic rings. The van der Waals surface area contributed by atoms with E-state index in [4.69, 9.17) is 14.2 Å². The van der Waals surface area contributed by atoms with Crippen LogP contribution in [0.4, 0.5) is 0 Å². The molecule has 0 fully saturated rings. The third kappa shape index (κ3) is 43.3. The summed E-state index contributed by atoms with van der Waals surface area (Å²) in [5.41, 5.74) is 0. The molecule has 0 aromatic heterocycles. The van der Waals surface area contributed by atoms with E-state index in [2.05, 4.69) is 32.9 Å². The first-order valence-electron chi connectivity index (χ1n) is 24.7. The van der Waals surface area contributed by atoms with Gasteiger partial charge in [0.25, 0.3) is 0 Å². The molecule has 0 spiro atoms. The van der Waals surface area contributed by atoms with E-state index in [1.807, 2.05) is 0 Å². The van der Waals surface area contributed by atoms with E-state index in [-0.39, 0.29) is 31.1 Å². The Kier molecular flexibility index (Phi) is 44.3. The van der Waals surface area contributed by atoms with Crippen LogP contribution in [0.2, 0.25) is 0 Å². The van der Waals surface area contributed by atoms with Crippen LogP contribution in [0.5, 0.6) is 0 Å². The number of esters is 3. The third-order valence-electron chi connectivity index (χ3n) is 11.0. The van der Waals surface area contributed by atoms with Gasteiger partial charge in [0.1, 0.15) is 13.2 Å². The van der Waals surface area contributed by atoms with E-state index in [1.165, 1.54) is 167 Å². The first kappa shape index (κ1) is 54.2. The molecule has 56 heavy (non-hydrogen) atoms. The van der Waals surface area contributed by atoms with Crippen LogP contribution >= 0.6 is 0 Å². The standard InChI is InChI=1S/C50H94O6/c1-4-7-10-13-16-19-22-24-25-26-27-29-31-34-37-40-43-49(52)55-46-47(45-54-48(51)42-39-36-33-30-21-18-15-12-9-6-3)56-50(53)44-41-38-35-32-28-23-20-17-14-11-8-5-2/h17,20,47H,4-16,18-19,21-46H2,1-3H3/b20-17-/t47-/m1/s1. The van der Waals surface area contributed by atoms with E-state index in [9.17, 15) is 14.4 Å². The predicted octanol–water partition coefficient (Wildman–Crippen LogP) is 15.8. The van der Waals surface area contributed by atoms with Gasteiger partial charge in [0.15, 0.2) is 6.10 Å². The van der Waals surface area contributed by atoms with Gasteiger partial charge in [-0.2, -0.15) is 0 Å². The van der Waals surface area contributed by atoms with Crippen molar-refractivity contribution >= 4 is 17.9 Å². The molecule has 0 saturated heterocycles. The summed E-state index contributed by atoms with van der Waals surface area (Å²) in [6, 6.07) is 0. The van der Waals surface area contributed by atoms with Gasteiger partial charge in [-0.1, -0.05) is 219 Å². The van der Waals surface area contributed by atoms with Gasteiger partial charge in [-0.15, -0.1) is 0 Å². The number of hydrogen-bond donors (Lipinski definition) is 0. The lowest BCUT2D eigenvalue weighted by molar-refractivity contribution is -0.167. The Labute approximate surface area is 348 Å². The second-order valence-corrected chi connectivity index (χ2v) is 16.7. The van der Waals surface area contributed by atoms with Crippen molar-refractivity contribution in [1.29, 1.82) is 0 Å². The first-order valence-corrected chi connectivity index (χ1v) is 24.7. The zero-order chi connectivity index (χ0) is 40.8. The van der Waals surface area contributed by atoms with Crippen LogP contribution in [-0.4, -0.2) is 37.2 Å². The van der Waals surface area contributed by atoms with E-state index >= 15 is 0 Å². The molecule has 0 bridgehead atoms. The van der Waals surface area contributed by atoms with Crippen molar-refractivity contribution in [2.45, 2.75) is 277 Å². The van der Waals surface area contributed by atoms with Crippen molar-refractivity contribution in [1.82, 2.24) is 0 Å². The number of carbonyl (C=O) groups is 3. The molecule has 0 N–H and O–H groups in total. The van der Waals surface area contributed by atoms with E-state index in [0.29, 0.717) is 19.3 Å². The Balaban J connectivity index is 4.29. The summed E-state index contributed by atoms with van der Waals surface area (Å²) < 4.78 is 16.7. The smallest absolute Gasteiger partial charge is 0.306 e. The lowest BCUT2D eigenvalue weighted by Crippen LogP contribution is -2.30. The molecule has 6 nitrogen and oxygen atoms in total. The fourth-order valence-electron chi connectivity index (χ4n) is 7.26. The third-order valence-corrected chi connectivity index (χ3v) is 11.0. The Hall–Kier alpha value is -1.85. The van der Waals surface area contributed by atoms with Crippen molar-refractivity contribution in [2.24, 2.45) is 0 Å². The number of rotatable bonds is 45. The van der Waals surface area contributed by atoms with Crippen molar-refractivity contribution in [3.63, 3.8) is 0 Å². The average molecular weight is 791 g/mol. The van der Waals surface area contributed by atoms with Crippen LogP contribution < -0.4 is 0 Å². The van der Waals surface area contributed by atoms with Crippen LogP contribution in [-0.2, 0) is 28.6 Å². The molecule has 0 radical (unpaired) electrons. The van der Waals surface area contributed by atoms with Crippen LogP contribution in [0.15, 0.2) is 12.2 Å². The summed E-state index contributed by atoms with van der Waals surface area (Å²) in [6.45, 7) is 6.62. The second-order valence-electron chi connectivity index (χ2n) is 16.7. The summed E-state index contributed by atoms with van der Waals surface area (Å²) in [5.74, 6) is -0.866. The minimum absolute atomic E-state index is 0.0685. The van der Waals surface area contributed by atoms with Gasteiger partial charge in [-0.05, 0) is 44.9 Å². The lowest BCUT2D eigenvalue weighted by atomic mass is 10.0.